The number of hydrogen-bond donors (Lipinski definition) is 0. The molecule has 0 amide bonds. The monoisotopic (exact) mass is 206 g/mol. The van der Waals surface area contributed by atoms with Crippen LogP contribution in [0.25, 0.3) is 0 Å². The maximum absolute atomic E-state index is 5.69. The van der Waals surface area contributed by atoms with E-state index in [-0.39, 0.29) is 0 Å². The molecule has 0 spiro atoms. The van der Waals surface area contributed by atoms with Crippen molar-refractivity contribution in [3.8, 4) is 0 Å². The minimum absolute atomic E-state index is 0.494. The van der Waals surface area contributed by atoms with Crippen LogP contribution in [0.1, 0.15) is 23.7 Å². The van der Waals surface area contributed by atoms with Gasteiger partial charge in [0.2, 0.25) is 0 Å². The van der Waals surface area contributed by atoms with Gasteiger partial charge in [-0.2, -0.15) is 0 Å². The van der Waals surface area contributed by atoms with Gasteiger partial charge < -0.3 is 4.74 Å². The molecule has 2 aliphatic heterocycles. The minimum Gasteiger partial charge on any atom is -0.367 e. The van der Waals surface area contributed by atoms with Gasteiger partial charge in [-0.1, -0.05) is 30.3 Å². The molecule has 1 aromatic carbocycles. The Labute approximate surface area is 88.8 Å². The number of fused-ring (bicyclic) bond motifs is 1. The Kier molecular flexibility index (Phi) is 2.26. The van der Waals surface area contributed by atoms with Gasteiger partial charge in [0.1, 0.15) is 5.44 Å². The third-order valence-corrected chi connectivity index (χ3v) is 4.78. The second-order valence-electron chi connectivity index (χ2n) is 4.01. The molecule has 2 saturated heterocycles. The van der Waals surface area contributed by atoms with Crippen LogP contribution < -0.4 is 0 Å². The fraction of sp³-hybridized carbons (Fsp3) is 0.500. The highest BCUT2D eigenvalue weighted by Crippen LogP contribution is 2.56. The molecule has 74 valence electrons. The van der Waals surface area contributed by atoms with E-state index < -0.39 is 0 Å². The number of thioether (sulfide) groups is 1. The maximum Gasteiger partial charge on any atom is 0.107 e. The second-order valence-corrected chi connectivity index (χ2v) is 5.26. The van der Waals surface area contributed by atoms with Gasteiger partial charge in [-0.05, 0) is 18.4 Å². The van der Waals surface area contributed by atoms with Gasteiger partial charge in [0.25, 0.3) is 0 Å². The van der Waals surface area contributed by atoms with Gasteiger partial charge in [0.05, 0.1) is 0 Å². The van der Waals surface area contributed by atoms with Gasteiger partial charge in [-0.3, -0.25) is 0 Å². The summed E-state index contributed by atoms with van der Waals surface area (Å²) in [5.74, 6) is 0.774. The van der Waals surface area contributed by atoms with Gasteiger partial charge in [0.15, 0.2) is 0 Å². The van der Waals surface area contributed by atoms with E-state index in [1.165, 1.54) is 18.4 Å². The van der Waals surface area contributed by atoms with Crippen molar-refractivity contribution in [2.24, 2.45) is 5.92 Å². The summed E-state index contributed by atoms with van der Waals surface area (Å²) in [5, 5.41) is 0.696. The van der Waals surface area contributed by atoms with Crippen LogP contribution in [0.3, 0.4) is 0 Å². The van der Waals surface area contributed by atoms with Crippen LogP contribution in [0, 0.1) is 5.92 Å². The third kappa shape index (κ3) is 1.37. The van der Waals surface area contributed by atoms with E-state index in [9.17, 15) is 0 Å². The number of rotatable bonds is 1. The predicted molar refractivity (Wildman–Crippen MR) is 59.2 cm³/mol. The standard InChI is InChI=1S/C12H14OS/c1-2-5-9(6-3-1)11-10-7-4-8-13-12(10)14-11/h1-3,5-6,10-12H,4,7-8H2/t10-,11+,12+/m1/s1. The SMILES string of the molecule is c1ccc([C@@H]2S[C@@H]3OCCC[C@@H]32)cc1. The van der Waals surface area contributed by atoms with Crippen LogP contribution >= 0.6 is 11.8 Å². The Bertz CT molecular complexity index is 311. The van der Waals surface area contributed by atoms with Crippen LogP contribution in [0.5, 0.6) is 0 Å². The summed E-state index contributed by atoms with van der Waals surface area (Å²) in [6, 6.07) is 10.8. The average molecular weight is 206 g/mol. The first-order chi connectivity index (χ1) is 6.95. The summed E-state index contributed by atoms with van der Waals surface area (Å²) in [4.78, 5) is 0. The lowest BCUT2D eigenvalue weighted by Gasteiger charge is -2.46. The summed E-state index contributed by atoms with van der Waals surface area (Å²) in [6.45, 7) is 0.968. The molecule has 0 radical (unpaired) electrons. The molecule has 0 aliphatic carbocycles. The summed E-state index contributed by atoms with van der Waals surface area (Å²) in [7, 11) is 0. The van der Waals surface area contributed by atoms with Crippen LogP contribution in [0.15, 0.2) is 30.3 Å². The van der Waals surface area contributed by atoms with Crippen molar-refractivity contribution in [3.05, 3.63) is 35.9 Å². The minimum atomic E-state index is 0.494. The molecule has 0 unspecified atom stereocenters. The molecule has 2 heteroatoms. The largest absolute Gasteiger partial charge is 0.367 e. The quantitative estimate of drug-likeness (QED) is 0.697. The van der Waals surface area contributed by atoms with Crippen LogP contribution in [0.2, 0.25) is 0 Å². The van der Waals surface area contributed by atoms with E-state index in [2.05, 4.69) is 30.3 Å². The zero-order chi connectivity index (χ0) is 9.38. The predicted octanol–water partition coefficient (Wildman–Crippen LogP) is 3.23. The lowest BCUT2D eigenvalue weighted by atomic mass is 9.92. The molecule has 0 bridgehead atoms. The van der Waals surface area contributed by atoms with Gasteiger partial charge in [-0.15, -0.1) is 11.8 Å². The number of hydrogen-bond acceptors (Lipinski definition) is 2. The molecule has 0 aromatic heterocycles. The molecule has 3 atom stereocenters. The van der Waals surface area contributed by atoms with E-state index in [1.807, 2.05) is 11.8 Å². The van der Waals surface area contributed by atoms with Crippen molar-refractivity contribution in [1.29, 1.82) is 0 Å². The number of benzene rings is 1. The van der Waals surface area contributed by atoms with E-state index in [0.29, 0.717) is 10.7 Å². The topological polar surface area (TPSA) is 9.23 Å². The molecular weight excluding hydrogens is 192 g/mol. The third-order valence-electron chi connectivity index (χ3n) is 3.11. The molecule has 2 heterocycles. The Morgan fingerprint density at radius 2 is 2.07 bits per heavy atom. The van der Waals surface area contributed by atoms with E-state index in [0.717, 1.165) is 12.5 Å². The Morgan fingerprint density at radius 3 is 2.86 bits per heavy atom. The summed E-state index contributed by atoms with van der Waals surface area (Å²) >= 11 is 1.99. The van der Waals surface area contributed by atoms with Gasteiger partial charge >= 0.3 is 0 Å². The average Bonchev–Trinajstić information content (AvgIpc) is 2.22. The van der Waals surface area contributed by atoms with Crippen molar-refractivity contribution >= 4 is 11.8 Å². The van der Waals surface area contributed by atoms with Crippen molar-refractivity contribution in [2.45, 2.75) is 23.5 Å². The molecular formula is C12H14OS. The fourth-order valence-electron chi connectivity index (χ4n) is 2.34. The van der Waals surface area contributed by atoms with E-state index in [1.54, 1.807) is 0 Å². The van der Waals surface area contributed by atoms with Crippen LogP contribution in [0.4, 0.5) is 0 Å². The first-order valence-corrected chi connectivity index (χ1v) is 6.21. The highest BCUT2D eigenvalue weighted by Gasteiger charge is 2.44. The second kappa shape index (κ2) is 3.59. The van der Waals surface area contributed by atoms with Crippen LogP contribution in [-0.4, -0.2) is 12.0 Å². The fourth-order valence-corrected chi connectivity index (χ4v) is 3.82. The van der Waals surface area contributed by atoms with Crippen molar-refractivity contribution in [3.63, 3.8) is 0 Å². The molecule has 2 fully saturated rings. The van der Waals surface area contributed by atoms with E-state index >= 15 is 0 Å². The molecule has 0 saturated carbocycles. The highest BCUT2D eigenvalue weighted by atomic mass is 32.2. The Hall–Kier alpha value is -0.470. The zero-order valence-electron chi connectivity index (χ0n) is 8.06. The van der Waals surface area contributed by atoms with Gasteiger partial charge in [0, 0.05) is 17.8 Å². The smallest absolute Gasteiger partial charge is 0.107 e. The molecule has 14 heavy (non-hydrogen) atoms. The van der Waals surface area contributed by atoms with Crippen molar-refractivity contribution < 1.29 is 4.74 Å². The maximum atomic E-state index is 5.69. The molecule has 1 aromatic rings. The normalized spacial score (nSPS) is 35.9. The van der Waals surface area contributed by atoms with E-state index in [4.69, 9.17) is 4.74 Å². The summed E-state index contributed by atoms with van der Waals surface area (Å²) in [6.07, 6.45) is 2.59. The molecule has 2 aliphatic rings. The molecule has 1 nitrogen and oxygen atoms in total. The lowest BCUT2D eigenvalue weighted by molar-refractivity contribution is 0.0129. The van der Waals surface area contributed by atoms with Crippen molar-refractivity contribution in [2.75, 3.05) is 6.61 Å². The Balaban J connectivity index is 1.76. The summed E-state index contributed by atoms with van der Waals surface area (Å²) in [5.41, 5.74) is 1.97. The van der Waals surface area contributed by atoms with Crippen LogP contribution in [-0.2, 0) is 4.74 Å². The number of ether oxygens (including phenoxy) is 1. The zero-order valence-corrected chi connectivity index (χ0v) is 8.87. The summed E-state index contributed by atoms with van der Waals surface area (Å²) < 4.78 is 5.69. The molecule has 3 rings (SSSR count). The molecule has 0 N–H and O–H groups in total. The Morgan fingerprint density at radius 1 is 1.21 bits per heavy atom. The highest BCUT2D eigenvalue weighted by molar-refractivity contribution is 8.01. The van der Waals surface area contributed by atoms with Crippen molar-refractivity contribution in [1.82, 2.24) is 0 Å². The first kappa shape index (κ1) is 8.81. The van der Waals surface area contributed by atoms with Gasteiger partial charge in [-0.25, -0.2) is 0 Å². The first-order valence-electron chi connectivity index (χ1n) is 5.27. The lowest BCUT2D eigenvalue weighted by Crippen LogP contribution is -2.39.